The van der Waals surface area contributed by atoms with Gasteiger partial charge in [-0.25, -0.2) is 0 Å². The molecule has 1 aliphatic carbocycles. The summed E-state index contributed by atoms with van der Waals surface area (Å²) in [5.74, 6) is 3.25. The molecule has 4 aliphatic rings. The highest BCUT2D eigenvalue weighted by Gasteiger charge is 2.35. The lowest BCUT2D eigenvalue weighted by Gasteiger charge is -2.36. The first-order valence-electron chi connectivity index (χ1n) is 11.0. The van der Waals surface area contributed by atoms with Crippen molar-refractivity contribution in [2.45, 2.75) is 45.2 Å². The Bertz CT molecular complexity index is 801. The SMILES string of the molecule is CC[C@H]1C(OC2CCO2)=CC(OCC2CO2)=C(c2ccc(OCC3CO3)cc2)[C@@H]1C. The summed E-state index contributed by atoms with van der Waals surface area (Å²) >= 11 is 0. The number of ether oxygens (including phenoxy) is 6. The zero-order chi connectivity index (χ0) is 20.5. The fourth-order valence-corrected chi connectivity index (χ4v) is 4.08. The van der Waals surface area contributed by atoms with Crippen LogP contribution in [0.3, 0.4) is 0 Å². The zero-order valence-corrected chi connectivity index (χ0v) is 17.7. The summed E-state index contributed by atoms with van der Waals surface area (Å²) < 4.78 is 34.3. The molecule has 6 nitrogen and oxygen atoms in total. The molecule has 1 aromatic carbocycles. The van der Waals surface area contributed by atoms with Gasteiger partial charge >= 0.3 is 0 Å². The van der Waals surface area contributed by atoms with Crippen LogP contribution in [0.1, 0.15) is 32.3 Å². The summed E-state index contributed by atoms with van der Waals surface area (Å²) in [5.41, 5.74) is 2.36. The van der Waals surface area contributed by atoms with E-state index in [0.29, 0.717) is 13.2 Å². The zero-order valence-electron chi connectivity index (χ0n) is 17.7. The minimum absolute atomic E-state index is 0.126. The summed E-state index contributed by atoms with van der Waals surface area (Å²) in [7, 11) is 0. The van der Waals surface area contributed by atoms with Crippen molar-refractivity contribution >= 4 is 5.57 Å². The Morgan fingerprint density at radius 3 is 2.20 bits per heavy atom. The van der Waals surface area contributed by atoms with Crippen molar-refractivity contribution in [3.05, 3.63) is 47.4 Å². The van der Waals surface area contributed by atoms with Crippen molar-refractivity contribution in [1.82, 2.24) is 0 Å². The van der Waals surface area contributed by atoms with Gasteiger partial charge in [-0.15, -0.1) is 0 Å². The molecule has 30 heavy (non-hydrogen) atoms. The Balaban J connectivity index is 1.41. The third-order valence-corrected chi connectivity index (χ3v) is 6.16. The summed E-state index contributed by atoms with van der Waals surface area (Å²) in [5, 5.41) is 0. The van der Waals surface area contributed by atoms with Gasteiger partial charge in [0, 0.05) is 24.0 Å². The van der Waals surface area contributed by atoms with Gasteiger partial charge in [0.05, 0.1) is 19.8 Å². The summed E-state index contributed by atoms with van der Waals surface area (Å²) in [4.78, 5) is 0. The molecule has 3 saturated heterocycles. The van der Waals surface area contributed by atoms with Crippen LogP contribution in [0.2, 0.25) is 0 Å². The molecule has 0 aromatic heterocycles. The number of rotatable bonds is 10. The van der Waals surface area contributed by atoms with E-state index in [0.717, 1.165) is 55.5 Å². The molecule has 1 aromatic rings. The molecule has 0 amide bonds. The van der Waals surface area contributed by atoms with E-state index in [1.165, 1.54) is 5.57 Å². The Hall–Kier alpha value is -2.02. The molecule has 0 saturated carbocycles. The maximum absolute atomic E-state index is 6.23. The molecule has 3 aliphatic heterocycles. The van der Waals surface area contributed by atoms with Crippen molar-refractivity contribution in [2.24, 2.45) is 11.8 Å². The second-order valence-electron chi connectivity index (χ2n) is 8.39. The van der Waals surface area contributed by atoms with E-state index in [1.54, 1.807) is 0 Å². The minimum atomic E-state index is -0.126. The van der Waals surface area contributed by atoms with Crippen molar-refractivity contribution in [2.75, 3.05) is 33.0 Å². The molecular formula is C24H30O6. The smallest absolute Gasteiger partial charge is 0.201 e. The Morgan fingerprint density at radius 2 is 1.63 bits per heavy atom. The van der Waals surface area contributed by atoms with Gasteiger partial charge in [0.15, 0.2) is 0 Å². The minimum Gasteiger partial charge on any atom is -0.491 e. The third kappa shape index (κ3) is 4.51. The van der Waals surface area contributed by atoms with Crippen LogP contribution in [0.5, 0.6) is 5.75 Å². The fourth-order valence-electron chi connectivity index (χ4n) is 4.08. The molecule has 3 unspecified atom stereocenters. The highest BCUT2D eigenvalue weighted by molar-refractivity contribution is 5.73. The van der Waals surface area contributed by atoms with Gasteiger partial charge in [0.2, 0.25) is 6.29 Å². The number of hydrogen-bond donors (Lipinski definition) is 0. The second kappa shape index (κ2) is 8.61. The average molecular weight is 414 g/mol. The van der Waals surface area contributed by atoms with E-state index in [9.17, 15) is 0 Å². The van der Waals surface area contributed by atoms with Crippen LogP contribution >= 0.6 is 0 Å². The predicted octanol–water partition coefficient (Wildman–Crippen LogP) is 3.91. The summed E-state index contributed by atoms with van der Waals surface area (Å²) in [6.07, 6.45) is 4.33. The first-order chi connectivity index (χ1) is 14.7. The molecule has 0 bridgehead atoms. The van der Waals surface area contributed by atoms with Crippen molar-refractivity contribution in [1.29, 1.82) is 0 Å². The van der Waals surface area contributed by atoms with Crippen molar-refractivity contribution in [3.63, 3.8) is 0 Å². The highest BCUT2D eigenvalue weighted by Crippen LogP contribution is 2.43. The number of hydrogen-bond acceptors (Lipinski definition) is 6. The van der Waals surface area contributed by atoms with E-state index < -0.39 is 0 Å². The maximum Gasteiger partial charge on any atom is 0.201 e. The van der Waals surface area contributed by atoms with Crippen molar-refractivity contribution in [3.8, 4) is 5.75 Å². The molecule has 5 rings (SSSR count). The number of benzene rings is 1. The molecule has 162 valence electrons. The summed E-state index contributed by atoms with van der Waals surface area (Å²) in [6.45, 7) is 7.98. The third-order valence-electron chi connectivity index (χ3n) is 6.16. The van der Waals surface area contributed by atoms with Gasteiger partial charge < -0.3 is 28.4 Å². The number of allylic oxidation sites excluding steroid dienone is 3. The van der Waals surface area contributed by atoms with Gasteiger partial charge in [0.1, 0.15) is 42.7 Å². The lowest BCUT2D eigenvalue weighted by molar-refractivity contribution is -0.199. The molecule has 5 atom stereocenters. The maximum atomic E-state index is 6.23. The lowest BCUT2D eigenvalue weighted by Crippen LogP contribution is -2.33. The van der Waals surface area contributed by atoms with Crippen LogP contribution in [0, 0.1) is 11.8 Å². The van der Waals surface area contributed by atoms with E-state index in [-0.39, 0.29) is 30.3 Å². The van der Waals surface area contributed by atoms with E-state index in [1.807, 2.05) is 12.1 Å². The molecule has 6 heteroatoms. The predicted molar refractivity (Wildman–Crippen MR) is 111 cm³/mol. The van der Waals surface area contributed by atoms with Crippen LogP contribution in [0.25, 0.3) is 5.57 Å². The van der Waals surface area contributed by atoms with Crippen molar-refractivity contribution < 1.29 is 28.4 Å². The quantitative estimate of drug-likeness (QED) is 0.541. The molecular weight excluding hydrogens is 384 g/mol. The van der Waals surface area contributed by atoms with Crippen LogP contribution < -0.4 is 4.74 Å². The van der Waals surface area contributed by atoms with Crippen LogP contribution in [0.4, 0.5) is 0 Å². The molecule has 0 spiro atoms. The largest absolute Gasteiger partial charge is 0.491 e. The monoisotopic (exact) mass is 414 g/mol. The normalized spacial score (nSPS) is 32.2. The lowest BCUT2D eigenvalue weighted by atomic mass is 9.77. The van der Waals surface area contributed by atoms with E-state index in [4.69, 9.17) is 28.4 Å². The first-order valence-corrected chi connectivity index (χ1v) is 11.0. The summed E-state index contributed by atoms with van der Waals surface area (Å²) in [6, 6.07) is 8.29. The van der Waals surface area contributed by atoms with Gasteiger partial charge in [-0.05, 0) is 30.0 Å². The van der Waals surface area contributed by atoms with E-state index >= 15 is 0 Å². The highest BCUT2D eigenvalue weighted by atomic mass is 16.7. The second-order valence-corrected chi connectivity index (χ2v) is 8.39. The first kappa shape index (κ1) is 19.9. The van der Waals surface area contributed by atoms with Crippen LogP contribution in [-0.2, 0) is 23.7 Å². The fraction of sp³-hybridized carbons (Fsp3) is 0.583. The Labute approximate surface area is 177 Å². The Morgan fingerprint density at radius 1 is 0.967 bits per heavy atom. The van der Waals surface area contributed by atoms with Crippen LogP contribution in [0.15, 0.2) is 41.9 Å². The Kier molecular flexibility index (Phi) is 5.72. The molecule has 3 fully saturated rings. The topological polar surface area (TPSA) is 62.0 Å². The standard InChI is InChI=1S/C24H30O6/c1-3-20-15(2)24(16-4-6-17(7-5-16)26-11-18-12-27-18)22(29-14-19-13-28-19)10-21(20)30-23-8-9-25-23/h4-7,10,15,18-20,23H,3,8-9,11-14H2,1-2H3/t15-,18?,19?,20-,23?/m1/s1. The molecule has 0 radical (unpaired) electrons. The van der Waals surface area contributed by atoms with Gasteiger partial charge in [0.25, 0.3) is 0 Å². The van der Waals surface area contributed by atoms with Gasteiger partial charge in [-0.2, -0.15) is 0 Å². The molecule has 3 heterocycles. The average Bonchev–Trinajstić information content (AvgIpc) is 3.63. The van der Waals surface area contributed by atoms with Gasteiger partial charge in [-0.3, -0.25) is 0 Å². The number of epoxide rings is 2. The molecule has 0 N–H and O–H groups in total. The van der Waals surface area contributed by atoms with E-state index in [2.05, 4.69) is 32.1 Å². The van der Waals surface area contributed by atoms with Gasteiger partial charge in [-0.1, -0.05) is 26.0 Å². The van der Waals surface area contributed by atoms with Crippen LogP contribution in [-0.4, -0.2) is 51.5 Å².